The zero-order valence-electron chi connectivity index (χ0n) is 18.3. The van der Waals surface area contributed by atoms with E-state index in [-0.39, 0.29) is 23.7 Å². The van der Waals surface area contributed by atoms with E-state index in [1.54, 1.807) is 12.4 Å². The number of unbranched alkanes of at least 4 members (excludes halogenated alkanes) is 1. The van der Waals surface area contributed by atoms with Crippen LogP contribution in [0.1, 0.15) is 43.1 Å². The first kappa shape index (κ1) is 23.0. The number of anilines is 2. The number of hydrogen-bond donors (Lipinski definition) is 3. The lowest BCUT2D eigenvalue weighted by molar-refractivity contribution is 0.102. The molecule has 0 radical (unpaired) electrons. The van der Waals surface area contributed by atoms with E-state index in [1.807, 2.05) is 0 Å². The van der Waals surface area contributed by atoms with Gasteiger partial charge in [0.2, 0.25) is 0 Å². The fourth-order valence-electron chi connectivity index (χ4n) is 3.88. The Hall–Kier alpha value is -3.21. The summed E-state index contributed by atoms with van der Waals surface area (Å²) in [6.07, 6.45) is 11.1. The number of aromatic amines is 1. The molecule has 3 N–H and O–H groups in total. The number of carbonyl (C=O) groups is 2. The number of fused-ring (bicyclic) bond motifs is 1. The van der Waals surface area contributed by atoms with Gasteiger partial charge in [-0.15, -0.1) is 0 Å². The molecule has 3 aromatic rings. The van der Waals surface area contributed by atoms with Crippen LogP contribution < -0.4 is 15.5 Å². The molecular weight excluding hydrogens is 490 g/mol. The van der Waals surface area contributed by atoms with Crippen LogP contribution in [0, 0.1) is 0 Å². The normalized spacial score (nSPS) is 15.9. The molecule has 4 rings (SSSR count). The molecule has 0 saturated carbocycles. The number of amides is 2. The number of hydrogen-bond acceptors (Lipinski definition) is 7. The monoisotopic (exact) mass is 515 g/mol. The van der Waals surface area contributed by atoms with Crippen molar-refractivity contribution < 1.29 is 14.3 Å². The number of aromatic nitrogens is 4. The van der Waals surface area contributed by atoms with Gasteiger partial charge in [0.1, 0.15) is 11.3 Å². The van der Waals surface area contributed by atoms with Gasteiger partial charge in [-0.1, -0.05) is 13.3 Å². The second kappa shape index (κ2) is 10.6. The maximum atomic E-state index is 12.7. The van der Waals surface area contributed by atoms with E-state index in [1.165, 1.54) is 18.6 Å². The molecule has 1 aliphatic heterocycles. The molecule has 1 unspecified atom stereocenters. The van der Waals surface area contributed by atoms with Crippen LogP contribution in [-0.2, 0) is 4.74 Å². The third-order valence-corrected chi connectivity index (χ3v) is 6.04. The molecule has 1 fully saturated rings. The van der Waals surface area contributed by atoms with E-state index in [4.69, 9.17) is 4.74 Å². The van der Waals surface area contributed by atoms with Gasteiger partial charge >= 0.3 is 6.09 Å². The second-order valence-corrected chi connectivity index (χ2v) is 8.70. The zero-order chi connectivity index (χ0) is 23.2. The lowest BCUT2D eigenvalue weighted by atomic mass is 10.0. The Morgan fingerprint density at radius 2 is 2.18 bits per heavy atom. The predicted octanol–water partition coefficient (Wildman–Crippen LogP) is 3.86. The van der Waals surface area contributed by atoms with Crippen molar-refractivity contribution in [1.29, 1.82) is 0 Å². The van der Waals surface area contributed by atoms with E-state index in [9.17, 15) is 9.59 Å². The Morgan fingerprint density at radius 3 is 2.97 bits per heavy atom. The molecule has 0 spiro atoms. The number of nitrogens with one attached hydrogen (secondary N) is 3. The van der Waals surface area contributed by atoms with Crippen molar-refractivity contribution in [1.82, 2.24) is 25.3 Å². The summed E-state index contributed by atoms with van der Waals surface area (Å²) in [6.45, 7) is 3.90. The summed E-state index contributed by atoms with van der Waals surface area (Å²) in [7, 11) is 0. The average Bonchev–Trinajstić information content (AvgIpc) is 3.22. The third kappa shape index (κ3) is 5.41. The Kier molecular flexibility index (Phi) is 7.38. The van der Waals surface area contributed by atoms with Crippen molar-refractivity contribution in [3.63, 3.8) is 0 Å². The van der Waals surface area contributed by atoms with E-state index in [2.05, 4.69) is 58.3 Å². The Labute approximate surface area is 199 Å². The number of rotatable bonds is 7. The van der Waals surface area contributed by atoms with Gasteiger partial charge in [-0.2, -0.15) is 0 Å². The number of alkyl carbamates (subject to hydrolysis) is 1. The Bertz CT molecular complexity index is 1120. The molecule has 33 heavy (non-hydrogen) atoms. The predicted molar refractivity (Wildman–Crippen MR) is 128 cm³/mol. The van der Waals surface area contributed by atoms with Crippen LogP contribution in [0.5, 0.6) is 0 Å². The van der Waals surface area contributed by atoms with Crippen molar-refractivity contribution in [3.05, 3.63) is 41.2 Å². The summed E-state index contributed by atoms with van der Waals surface area (Å²) in [5.74, 6) is -0.358. The van der Waals surface area contributed by atoms with Crippen LogP contribution in [0.4, 0.5) is 16.2 Å². The quantitative estimate of drug-likeness (QED) is 0.407. The highest BCUT2D eigenvalue weighted by Gasteiger charge is 2.26. The van der Waals surface area contributed by atoms with Gasteiger partial charge in [0, 0.05) is 43.9 Å². The molecule has 3 aromatic heterocycles. The summed E-state index contributed by atoms with van der Waals surface area (Å²) in [5.41, 5.74) is 2.37. The molecule has 11 heteroatoms. The maximum Gasteiger partial charge on any atom is 0.407 e. The Balaban J connectivity index is 1.55. The van der Waals surface area contributed by atoms with E-state index in [0.29, 0.717) is 24.5 Å². The lowest BCUT2D eigenvalue weighted by Crippen LogP contribution is -2.48. The summed E-state index contributed by atoms with van der Waals surface area (Å²) >= 11 is 3.63. The van der Waals surface area contributed by atoms with Crippen LogP contribution in [0.2, 0.25) is 0 Å². The van der Waals surface area contributed by atoms with Gasteiger partial charge in [0.15, 0.2) is 0 Å². The minimum Gasteiger partial charge on any atom is -0.450 e. The van der Waals surface area contributed by atoms with Crippen LogP contribution in [0.15, 0.2) is 35.5 Å². The third-order valence-electron chi connectivity index (χ3n) is 5.46. The SMILES string of the molecule is CCCCOC(=O)NC1CCCN(c2c(Br)cnc3[nH]cc(NC(=O)c4cnccn4)c23)C1. The minimum absolute atomic E-state index is 0.0421. The number of halogens is 1. The van der Waals surface area contributed by atoms with Crippen molar-refractivity contribution in [3.8, 4) is 0 Å². The molecule has 0 aliphatic carbocycles. The molecule has 0 aromatic carbocycles. The highest BCUT2D eigenvalue weighted by atomic mass is 79.9. The summed E-state index contributed by atoms with van der Waals surface area (Å²) in [4.78, 5) is 42.6. The van der Waals surface area contributed by atoms with Crippen molar-refractivity contribution >= 4 is 50.3 Å². The Morgan fingerprint density at radius 1 is 1.30 bits per heavy atom. The van der Waals surface area contributed by atoms with Crippen LogP contribution >= 0.6 is 15.9 Å². The smallest absolute Gasteiger partial charge is 0.407 e. The number of piperidine rings is 1. The molecule has 1 atom stereocenters. The van der Waals surface area contributed by atoms with Crippen LogP contribution in [0.25, 0.3) is 11.0 Å². The first-order chi connectivity index (χ1) is 16.1. The van der Waals surface area contributed by atoms with Gasteiger partial charge in [-0.3, -0.25) is 9.78 Å². The standard InChI is InChI=1S/C22H26BrN7O3/c1-2-3-9-33-22(32)28-14-5-4-8-30(13-14)19-15(23)10-26-20-18(19)16(12-27-20)29-21(31)17-11-24-6-7-25-17/h6-7,10-12,14H,2-5,8-9,13H2,1H3,(H,26,27)(H,28,32)(H,29,31). The highest BCUT2D eigenvalue weighted by Crippen LogP contribution is 2.39. The van der Waals surface area contributed by atoms with Gasteiger partial charge in [-0.05, 0) is 35.2 Å². The first-order valence-corrected chi connectivity index (χ1v) is 11.8. The molecule has 2 amide bonds. The summed E-state index contributed by atoms with van der Waals surface area (Å²) in [6, 6.07) is -0.0421. The van der Waals surface area contributed by atoms with Gasteiger partial charge in [-0.25, -0.2) is 14.8 Å². The average molecular weight is 516 g/mol. The fraction of sp³-hybridized carbons (Fsp3) is 0.409. The number of H-pyrrole nitrogens is 1. The number of ether oxygens (including phenoxy) is 1. The summed E-state index contributed by atoms with van der Waals surface area (Å²) < 4.78 is 6.06. The molecule has 4 heterocycles. The lowest BCUT2D eigenvalue weighted by Gasteiger charge is -2.35. The minimum atomic E-state index is -0.382. The highest BCUT2D eigenvalue weighted by molar-refractivity contribution is 9.10. The molecular formula is C22H26BrN7O3. The molecule has 1 aliphatic rings. The largest absolute Gasteiger partial charge is 0.450 e. The summed E-state index contributed by atoms with van der Waals surface area (Å²) in [5, 5.41) is 6.68. The molecule has 0 bridgehead atoms. The van der Waals surface area contributed by atoms with E-state index >= 15 is 0 Å². The van der Waals surface area contributed by atoms with E-state index in [0.717, 1.165) is 47.8 Å². The molecule has 10 nitrogen and oxygen atoms in total. The van der Waals surface area contributed by atoms with Gasteiger partial charge in [0.25, 0.3) is 5.91 Å². The number of pyridine rings is 1. The van der Waals surface area contributed by atoms with Gasteiger partial charge in [0.05, 0.1) is 34.0 Å². The maximum absolute atomic E-state index is 12.7. The zero-order valence-corrected chi connectivity index (χ0v) is 19.9. The topological polar surface area (TPSA) is 125 Å². The number of nitrogens with zero attached hydrogens (tertiary/aromatic N) is 4. The van der Waals surface area contributed by atoms with Crippen molar-refractivity contribution in [2.45, 2.75) is 38.6 Å². The number of carbonyl (C=O) groups excluding carboxylic acids is 2. The van der Waals surface area contributed by atoms with Crippen LogP contribution in [0.3, 0.4) is 0 Å². The molecule has 174 valence electrons. The van der Waals surface area contributed by atoms with Gasteiger partial charge < -0.3 is 25.3 Å². The van der Waals surface area contributed by atoms with Crippen molar-refractivity contribution in [2.75, 3.05) is 29.9 Å². The first-order valence-electron chi connectivity index (χ1n) is 11.0. The fourth-order valence-corrected chi connectivity index (χ4v) is 4.43. The second-order valence-electron chi connectivity index (χ2n) is 7.84. The van der Waals surface area contributed by atoms with Crippen molar-refractivity contribution in [2.24, 2.45) is 0 Å². The van der Waals surface area contributed by atoms with E-state index < -0.39 is 0 Å². The van der Waals surface area contributed by atoms with Crippen LogP contribution in [-0.4, -0.2) is 57.7 Å². The molecule has 1 saturated heterocycles.